The highest BCUT2D eigenvalue weighted by Gasteiger charge is 2.40. The smallest absolute Gasteiger partial charge is 0.412 e. The van der Waals surface area contributed by atoms with Gasteiger partial charge in [0.2, 0.25) is 0 Å². The normalized spacial score (nSPS) is 16.6. The third kappa shape index (κ3) is 3.53. The minimum absolute atomic E-state index is 0.0826. The molecule has 2 N–H and O–H groups in total. The van der Waals surface area contributed by atoms with Gasteiger partial charge in [-0.05, 0) is 51.8 Å². The molecule has 1 fully saturated rings. The van der Waals surface area contributed by atoms with Crippen LogP contribution in [0.5, 0.6) is 5.75 Å². The molecule has 1 saturated carbocycles. The molecule has 1 amide bonds. The molecular weight excluding hydrogens is 282 g/mol. The van der Waals surface area contributed by atoms with E-state index in [0.29, 0.717) is 5.69 Å². The summed E-state index contributed by atoms with van der Waals surface area (Å²) in [7, 11) is 1.61. The summed E-state index contributed by atoms with van der Waals surface area (Å²) >= 11 is 0. The number of aliphatic hydroxyl groups excluding tert-OH is 1. The summed E-state index contributed by atoms with van der Waals surface area (Å²) in [5.74, 6) is 0.739. The molecule has 0 bridgehead atoms. The molecule has 22 heavy (non-hydrogen) atoms. The summed E-state index contributed by atoms with van der Waals surface area (Å²) in [6.07, 6.45) is 2.45. The number of carbonyl (C=O) groups is 1. The van der Waals surface area contributed by atoms with Crippen LogP contribution < -0.4 is 10.1 Å². The van der Waals surface area contributed by atoms with E-state index in [1.165, 1.54) is 0 Å². The number of benzene rings is 1. The van der Waals surface area contributed by atoms with Crippen molar-refractivity contribution in [1.82, 2.24) is 0 Å². The van der Waals surface area contributed by atoms with Gasteiger partial charge in [-0.3, -0.25) is 5.32 Å². The van der Waals surface area contributed by atoms with Gasteiger partial charge in [-0.15, -0.1) is 0 Å². The van der Waals surface area contributed by atoms with Crippen molar-refractivity contribution in [1.29, 1.82) is 0 Å². The molecule has 0 aromatic heterocycles. The number of methoxy groups -OCH3 is 1. The number of hydrogen-bond acceptors (Lipinski definition) is 4. The van der Waals surface area contributed by atoms with Crippen molar-refractivity contribution in [2.45, 2.75) is 51.0 Å². The van der Waals surface area contributed by atoms with Crippen LogP contribution in [0.3, 0.4) is 0 Å². The quantitative estimate of drug-likeness (QED) is 0.894. The van der Waals surface area contributed by atoms with Gasteiger partial charge in [0.05, 0.1) is 13.7 Å². The number of rotatable bonds is 4. The summed E-state index contributed by atoms with van der Waals surface area (Å²) < 4.78 is 10.7. The van der Waals surface area contributed by atoms with Gasteiger partial charge in [-0.25, -0.2) is 4.79 Å². The van der Waals surface area contributed by atoms with Gasteiger partial charge in [0.1, 0.15) is 11.4 Å². The standard InChI is InChI=1S/C17H25NO4/c1-16(2,3)22-15(20)18-12-6-7-14(21-4)13(10-12)17(11-19)8-5-9-17/h6-7,10,19H,5,8-9,11H2,1-4H3,(H,18,20). The van der Waals surface area contributed by atoms with Crippen molar-refractivity contribution in [3.63, 3.8) is 0 Å². The molecule has 0 atom stereocenters. The first-order chi connectivity index (χ1) is 10.3. The van der Waals surface area contributed by atoms with Crippen LogP contribution in [0.4, 0.5) is 10.5 Å². The maximum absolute atomic E-state index is 11.9. The highest BCUT2D eigenvalue weighted by atomic mass is 16.6. The summed E-state index contributed by atoms with van der Waals surface area (Å²) in [4.78, 5) is 11.9. The van der Waals surface area contributed by atoms with Crippen molar-refractivity contribution in [3.8, 4) is 5.75 Å². The molecule has 2 rings (SSSR count). The van der Waals surface area contributed by atoms with E-state index in [2.05, 4.69) is 5.32 Å². The lowest BCUT2D eigenvalue weighted by atomic mass is 9.64. The topological polar surface area (TPSA) is 67.8 Å². The van der Waals surface area contributed by atoms with Gasteiger partial charge in [-0.1, -0.05) is 6.42 Å². The predicted molar refractivity (Wildman–Crippen MR) is 85.5 cm³/mol. The molecule has 122 valence electrons. The van der Waals surface area contributed by atoms with Gasteiger partial charge in [0.25, 0.3) is 0 Å². The first-order valence-electron chi connectivity index (χ1n) is 7.59. The maximum atomic E-state index is 11.9. The summed E-state index contributed by atoms with van der Waals surface area (Å²) in [6, 6.07) is 5.46. The van der Waals surface area contributed by atoms with Crippen LogP contribution in [0.25, 0.3) is 0 Å². The number of hydrogen-bond donors (Lipinski definition) is 2. The second-order valence-electron chi connectivity index (χ2n) is 6.83. The van der Waals surface area contributed by atoms with Crippen molar-refractivity contribution in [2.24, 2.45) is 0 Å². The van der Waals surface area contributed by atoms with E-state index in [1.807, 2.05) is 32.9 Å². The number of amides is 1. The molecule has 0 radical (unpaired) electrons. The molecule has 5 nitrogen and oxygen atoms in total. The van der Waals surface area contributed by atoms with E-state index < -0.39 is 11.7 Å². The molecule has 0 aliphatic heterocycles. The predicted octanol–water partition coefficient (Wildman–Crippen LogP) is 3.46. The molecule has 0 unspecified atom stereocenters. The average Bonchev–Trinajstić information content (AvgIpc) is 2.36. The van der Waals surface area contributed by atoms with E-state index in [1.54, 1.807) is 13.2 Å². The Balaban J connectivity index is 2.22. The number of aliphatic hydroxyl groups is 1. The Morgan fingerprint density at radius 3 is 2.50 bits per heavy atom. The molecule has 0 heterocycles. The SMILES string of the molecule is COc1ccc(NC(=O)OC(C)(C)C)cc1C1(CO)CCC1. The lowest BCUT2D eigenvalue weighted by molar-refractivity contribution is 0.0636. The minimum Gasteiger partial charge on any atom is -0.496 e. The van der Waals surface area contributed by atoms with Gasteiger partial charge in [0, 0.05) is 16.7 Å². The molecule has 0 saturated heterocycles. The fourth-order valence-electron chi connectivity index (χ4n) is 2.74. The Labute approximate surface area is 131 Å². The maximum Gasteiger partial charge on any atom is 0.412 e. The van der Waals surface area contributed by atoms with Gasteiger partial charge < -0.3 is 14.6 Å². The average molecular weight is 307 g/mol. The lowest BCUT2D eigenvalue weighted by Gasteiger charge is -2.41. The Morgan fingerprint density at radius 2 is 2.05 bits per heavy atom. The Morgan fingerprint density at radius 1 is 1.36 bits per heavy atom. The van der Waals surface area contributed by atoms with Crippen LogP contribution >= 0.6 is 0 Å². The third-order valence-electron chi connectivity index (χ3n) is 4.03. The zero-order valence-electron chi connectivity index (χ0n) is 13.7. The van der Waals surface area contributed by atoms with Crippen LogP contribution in [-0.2, 0) is 10.2 Å². The third-order valence-corrected chi connectivity index (χ3v) is 4.03. The zero-order chi connectivity index (χ0) is 16.4. The number of nitrogens with one attached hydrogen (secondary N) is 1. The van der Waals surface area contributed by atoms with Crippen LogP contribution in [-0.4, -0.2) is 30.5 Å². The van der Waals surface area contributed by atoms with Crippen molar-refractivity contribution in [2.75, 3.05) is 19.0 Å². The molecule has 1 aromatic rings. The monoisotopic (exact) mass is 307 g/mol. The van der Waals surface area contributed by atoms with Gasteiger partial charge in [0.15, 0.2) is 0 Å². The van der Waals surface area contributed by atoms with Crippen LogP contribution in [0.2, 0.25) is 0 Å². The Bertz CT molecular complexity index is 539. The van der Waals surface area contributed by atoms with Crippen LogP contribution in [0.1, 0.15) is 45.6 Å². The molecule has 1 aromatic carbocycles. The van der Waals surface area contributed by atoms with Crippen LogP contribution in [0, 0.1) is 0 Å². The largest absolute Gasteiger partial charge is 0.496 e. The van der Waals surface area contributed by atoms with Crippen molar-refractivity contribution < 1.29 is 19.4 Å². The fraction of sp³-hybridized carbons (Fsp3) is 0.588. The first kappa shape index (κ1) is 16.6. The molecule has 0 spiro atoms. The summed E-state index contributed by atoms with van der Waals surface area (Å²) in [6.45, 7) is 5.54. The molecule has 1 aliphatic carbocycles. The number of anilines is 1. The molecular formula is C17H25NO4. The van der Waals surface area contributed by atoms with Crippen molar-refractivity contribution >= 4 is 11.8 Å². The number of ether oxygens (including phenoxy) is 2. The molecule has 1 aliphatic rings. The van der Waals surface area contributed by atoms with E-state index in [-0.39, 0.29) is 12.0 Å². The Kier molecular flexibility index (Phi) is 4.66. The van der Waals surface area contributed by atoms with E-state index in [9.17, 15) is 9.90 Å². The first-order valence-corrected chi connectivity index (χ1v) is 7.59. The van der Waals surface area contributed by atoms with E-state index in [0.717, 1.165) is 30.6 Å². The lowest BCUT2D eigenvalue weighted by Crippen LogP contribution is -2.38. The van der Waals surface area contributed by atoms with Crippen LogP contribution in [0.15, 0.2) is 18.2 Å². The van der Waals surface area contributed by atoms with Gasteiger partial charge in [-0.2, -0.15) is 0 Å². The van der Waals surface area contributed by atoms with E-state index in [4.69, 9.17) is 9.47 Å². The zero-order valence-corrected chi connectivity index (χ0v) is 13.7. The minimum atomic E-state index is -0.542. The number of carbonyl (C=O) groups excluding carboxylic acids is 1. The second kappa shape index (κ2) is 6.16. The summed E-state index contributed by atoms with van der Waals surface area (Å²) in [5.41, 5.74) is 0.790. The second-order valence-corrected chi connectivity index (χ2v) is 6.83. The Hall–Kier alpha value is -1.75. The van der Waals surface area contributed by atoms with E-state index >= 15 is 0 Å². The highest BCUT2D eigenvalue weighted by Crippen LogP contribution is 2.47. The fourth-order valence-corrected chi connectivity index (χ4v) is 2.74. The van der Waals surface area contributed by atoms with Gasteiger partial charge >= 0.3 is 6.09 Å². The summed E-state index contributed by atoms with van der Waals surface area (Å²) in [5, 5.41) is 12.5. The molecule has 5 heteroatoms. The van der Waals surface area contributed by atoms with Crippen molar-refractivity contribution in [3.05, 3.63) is 23.8 Å². The highest BCUT2D eigenvalue weighted by molar-refractivity contribution is 5.85.